The summed E-state index contributed by atoms with van der Waals surface area (Å²) in [6.45, 7) is 2.63. The van der Waals surface area contributed by atoms with Crippen LogP contribution < -0.4 is 0 Å². The number of carboxylic acid groups (broad SMARTS) is 1. The van der Waals surface area contributed by atoms with Crippen molar-refractivity contribution in [1.82, 2.24) is 4.90 Å². The first-order valence-corrected chi connectivity index (χ1v) is 4.96. The zero-order valence-electron chi connectivity index (χ0n) is 9.60. The molecule has 1 rings (SSSR count). The van der Waals surface area contributed by atoms with Gasteiger partial charge in [-0.2, -0.15) is 0 Å². The van der Waals surface area contributed by atoms with Crippen molar-refractivity contribution in [2.75, 3.05) is 14.1 Å². The fourth-order valence-electron chi connectivity index (χ4n) is 0.949. The number of carbonyl (C=O) groups is 1. The molecular weight excluding hydrogens is 190 g/mol. The highest BCUT2D eigenvalue weighted by atomic mass is 16.4. The molecule has 0 spiro atoms. The van der Waals surface area contributed by atoms with Crippen molar-refractivity contribution < 1.29 is 9.90 Å². The molecule has 0 unspecified atom stereocenters. The third-order valence-electron chi connectivity index (χ3n) is 1.64. The summed E-state index contributed by atoms with van der Waals surface area (Å²) in [6, 6.07) is 10.5. The van der Waals surface area contributed by atoms with Crippen molar-refractivity contribution in [3.05, 3.63) is 35.9 Å². The monoisotopic (exact) mass is 209 g/mol. The molecule has 0 saturated carbocycles. The number of hydrogen-bond donors (Lipinski definition) is 1. The van der Waals surface area contributed by atoms with Gasteiger partial charge in [0.2, 0.25) is 0 Å². The van der Waals surface area contributed by atoms with Gasteiger partial charge in [0, 0.05) is 13.0 Å². The van der Waals surface area contributed by atoms with Crippen molar-refractivity contribution in [3.8, 4) is 0 Å². The van der Waals surface area contributed by atoms with E-state index in [0.29, 0.717) is 0 Å². The molecule has 0 fully saturated rings. The van der Waals surface area contributed by atoms with Crippen LogP contribution in [-0.4, -0.2) is 30.1 Å². The van der Waals surface area contributed by atoms with Gasteiger partial charge >= 0.3 is 5.97 Å². The number of carboxylic acids is 1. The highest BCUT2D eigenvalue weighted by Gasteiger charge is 1.90. The van der Waals surface area contributed by atoms with Crippen molar-refractivity contribution >= 4 is 5.97 Å². The molecule has 0 atom stereocenters. The third-order valence-corrected chi connectivity index (χ3v) is 1.64. The van der Waals surface area contributed by atoms with Gasteiger partial charge in [0.15, 0.2) is 0 Å². The summed E-state index contributed by atoms with van der Waals surface area (Å²) in [5.41, 5.74) is 1.37. The van der Waals surface area contributed by atoms with Gasteiger partial charge in [0.05, 0.1) is 0 Å². The Morgan fingerprint density at radius 3 is 2.07 bits per heavy atom. The van der Waals surface area contributed by atoms with Crippen LogP contribution in [0.3, 0.4) is 0 Å². The van der Waals surface area contributed by atoms with E-state index in [-0.39, 0.29) is 6.42 Å². The molecule has 0 bridgehead atoms. The molecular formula is C12H19NO2. The maximum Gasteiger partial charge on any atom is 0.303 e. The van der Waals surface area contributed by atoms with Crippen molar-refractivity contribution in [2.45, 2.75) is 19.9 Å². The first kappa shape index (κ1) is 13.7. The molecule has 3 nitrogen and oxygen atoms in total. The van der Waals surface area contributed by atoms with Gasteiger partial charge < -0.3 is 10.0 Å². The zero-order chi connectivity index (χ0) is 11.7. The smallest absolute Gasteiger partial charge is 0.303 e. The van der Waals surface area contributed by atoms with Crippen LogP contribution in [0.15, 0.2) is 30.3 Å². The average molecular weight is 209 g/mol. The molecule has 3 heteroatoms. The van der Waals surface area contributed by atoms with E-state index in [4.69, 9.17) is 5.11 Å². The average Bonchev–Trinajstić information content (AvgIpc) is 2.19. The van der Waals surface area contributed by atoms with Crippen molar-refractivity contribution in [1.29, 1.82) is 0 Å². The molecule has 0 aliphatic heterocycles. The van der Waals surface area contributed by atoms with E-state index in [9.17, 15) is 4.79 Å². The van der Waals surface area contributed by atoms with E-state index in [1.807, 2.05) is 6.07 Å². The van der Waals surface area contributed by atoms with E-state index in [2.05, 4.69) is 43.3 Å². The molecule has 1 aromatic rings. The van der Waals surface area contributed by atoms with Crippen molar-refractivity contribution in [3.63, 3.8) is 0 Å². The Kier molecular flexibility index (Phi) is 7.28. The fourth-order valence-corrected chi connectivity index (χ4v) is 0.949. The summed E-state index contributed by atoms with van der Waals surface area (Å²) < 4.78 is 0. The third kappa shape index (κ3) is 8.97. The Morgan fingerprint density at radius 1 is 1.27 bits per heavy atom. The molecule has 0 aliphatic rings. The molecule has 0 saturated heterocycles. The largest absolute Gasteiger partial charge is 0.481 e. The Morgan fingerprint density at radius 2 is 1.73 bits per heavy atom. The Balaban J connectivity index is 0.000000336. The molecule has 0 aliphatic carbocycles. The molecule has 84 valence electrons. The van der Waals surface area contributed by atoms with Gasteiger partial charge in [-0.15, -0.1) is 0 Å². The first-order valence-electron chi connectivity index (χ1n) is 4.96. The van der Waals surface area contributed by atoms with Gasteiger partial charge in [-0.1, -0.05) is 37.3 Å². The fraction of sp³-hybridized carbons (Fsp3) is 0.417. The summed E-state index contributed by atoms with van der Waals surface area (Å²) in [5, 5.41) is 7.72. The summed E-state index contributed by atoms with van der Waals surface area (Å²) in [7, 11) is 4.15. The van der Waals surface area contributed by atoms with Gasteiger partial charge in [-0.25, -0.2) is 0 Å². The SMILES string of the molecule is CCC(=O)O.CN(C)Cc1ccccc1. The number of nitrogens with zero attached hydrogens (tertiary/aromatic N) is 1. The van der Waals surface area contributed by atoms with Crippen LogP contribution in [0.2, 0.25) is 0 Å². The van der Waals surface area contributed by atoms with Crippen LogP contribution in [0.25, 0.3) is 0 Å². The lowest BCUT2D eigenvalue weighted by atomic mass is 10.2. The minimum absolute atomic E-state index is 0.222. The maximum atomic E-state index is 9.37. The summed E-state index contributed by atoms with van der Waals surface area (Å²) in [4.78, 5) is 11.5. The second-order valence-corrected chi connectivity index (χ2v) is 3.47. The Bertz CT molecular complexity index is 270. The lowest BCUT2D eigenvalue weighted by molar-refractivity contribution is -0.136. The van der Waals surface area contributed by atoms with E-state index in [1.165, 1.54) is 5.56 Å². The van der Waals surface area contributed by atoms with E-state index in [1.54, 1.807) is 6.92 Å². The van der Waals surface area contributed by atoms with E-state index < -0.39 is 5.97 Å². The normalized spacial score (nSPS) is 9.33. The highest BCUT2D eigenvalue weighted by molar-refractivity contribution is 5.66. The highest BCUT2D eigenvalue weighted by Crippen LogP contribution is 1.99. The zero-order valence-corrected chi connectivity index (χ0v) is 9.60. The van der Waals surface area contributed by atoms with Crippen LogP contribution in [0.5, 0.6) is 0 Å². The predicted molar refractivity (Wildman–Crippen MR) is 61.8 cm³/mol. The van der Waals surface area contributed by atoms with Crippen LogP contribution in [-0.2, 0) is 11.3 Å². The lowest BCUT2D eigenvalue weighted by Gasteiger charge is -2.08. The van der Waals surface area contributed by atoms with Crippen LogP contribution in [0, 0.1) is 0 Å². The molecule has 0 radical (unpaired) electrons. The minimum atomic E-state index is -0.745. The van der Waals surface area contributed by atoms with Crippen molar-refractivity contribution in [2.24, 2.45) is 0 Å². The number of benzene rings is 1. The van der Waals surface area contributed by atoms with E-state index >= 15 is 0 Å². The molecule has 0 aromatic heterocycles. The maximum absolute atomic E-state index is 9.37. The predicted octanol–water partition coefficient (Wildman–Crippen LogP) is 2.23. The second-order valence-electron chi connectivity index (χ2n) is 3.47. The molecule has 15 heavy (non-hydrogen) atoms. The quantitative estimate of drug-likeness (QED) is 0.830. The minimum Gasteiger partial charge on any atom is -0.481 e. The molecule has 0 amide bonds. The van der Waals surface area contributed by atoms with Gasteiger partial charge in [-0.05, 0) is 19.7 Å². The van der Waals surface area contributed by atoms with Gasteiger partial charge in [0.1, 0.15) is 0 Å². The first-order chi connectivity index (χ1) is 7.06. The summed E-state index contributed by atoms with van der Waals surface area (Å²) in [5.74, 6) is -0.745. The van der Waals surface area contributed by atoms with Crippen LogP contribution in [0.1, 0.15) is 18.9 Å². The molecule has 0 heterocycles. The second kappa shape index (κ2) is 8.00. The van der Waals surface area contributed by atoms with Crippen LogP contribution >= 0.6 is 0 Å². The standard InChI is InChI=1S/C9H13N.C3H6O2/c1-10(2)8-9-6-4-3-5-7-9;1-2-3(4)5/h3-7H,8H2,1-2H3;2H2,1H3,(H,4,5). The van der Waals surface area contributed by atoms with Gasteiger partial charge in [0.25, 0.3) is 0 Å². The number of aliphatic carboxylic acids is 1. The van der Waals surface area contributed by atoms with Gasteiger partial charge in [-0.3, -0.25) is 4.79 Å². The number of rotatable bonds is 3. The topological polar surface area (TPSA) is 40.5 Å². The Labute approximate surface area is 91.3 Å². The summed E-state index contributed by atoms with van der Waals surface area (Å²) in [6.07, 6.45) is 0.222. The number of hydrogen-bond acceptors (Lipinski definition) is 2. The lowest BCUT2D eigenvalue weighted by Crippen LogP contribution is -2.10. The molecule has 1 N–H and O–H groups in total. The van der Waals surface area contributed by atoms with Crippen LogP contribution in [0.4, 0.5) is 0 Å². The molecule has 1 aromatic carbocycles. The Hall–Kier alpha value is -1.35. The summed E-state index contributed by atoms with van der Waals surface area (Å²) >= 11 is 0. The van der Waals surface area contributed by atoms with E-state index in [0.717, 1.165) is 6.54 Å².